The molecule has 1 aliphatic rings. The lowest BCUT2D eigenvalue weighted by Gasteiger charge is -2.24. The molecule has 3 aromatic rings. The Bertz CT molecular complexity index is 1160. The number of nitrogens with two attached hydrogens (primary N) is 1. The average Bonchev–Trinajstić information content (AvgIpc) is 2.83. The van der Waals surface area contributed by atoms with Crippen molar-refractivity contribution in [3.05, 3.63) is 101 Å². The second-order valence-electron chi connectivity index (χ2n) is 7.87. The number of carbonyl (C=O) groups is 2. The number of alkyl halides is 3. The fourth-order valence-electron chi connectivity index (χ4n) is 3.58. The van der Waals surface area contributed by atoms with Crippen LogP contribution in [0.2, 0.25) is 0 Å². The zero-order valence-corrected chi connectivity index (χ0v) is 18.6. The molecule has 1 heterocycles. The van der Waals surface area contributed by atoms with E-state index < -0.39 is 23.2 Å². The van der Waals surface area contributed by atoms with Gasteiger partial charge in [-0.15, -0.1) is 0 Å². The SMILES string of the molecule is Cc1ccccc1CNC(=O)C1COc2ccccc2C1.NC(=O)c1ccccc1C(F)(F)F. The molecule has 0 saturated carbocycles. The Balaban J connectivity index is 0.000000215. The number of hydrogen-bond acceptors (Lipinski definition) is 3. The van der Waals surface area contributed by atoms with Gasteiger partial charge in [0.15, 0.2) is 0 Å². The van der Waals surface area contributed by atoms with Crippen LogP contribution in [0.15, 0.2) is 72.8 Å². The number of rotatable bonds is 4. The summed E-state index contributed by atoms with van der Waals surface area (Å²) in [5.41, 5.74) is 6.73. The average molecular weight is 470 g/mol. The summed E-state index contributed by atoms with van der Waals surface area (Å²) in [6.07, 6.45) is -3.79. The van der Waals surface area contributed by atoms with Crippen molar-refractivity contribution in [1.82, 2.24) is 5.32 Å². The molecule has 1 atom stereocenters. The van der Waals surface area contributed by atoms with Gasteiger partial charge in [0.2, 0.25) is 11.8 Å². The number of primary amides is 1. The smallest absolute Gasteiger partial charge is 0.417 e. The number of amides is 2. The Morgan fingerprint density at radius 3 is 2.32 bits per heavy atom. The van der Waals surface area contributed by atoms with Gasteiger partial charge in [0, 0.05) is 6.54 Å². The van der Waals surface area contributed by atoms with Gasteiger partial charge in [-0.1, -0.05) is 54.6 Å². The highest BCUT2D eigenvalue weighted by atomic mass is 19.4. The fourth-order valence-corrected chi connectivity index (χ4v) is 3.58. The van der Waals surface area contributed by atoms with Gasteiger partial charge < -0.3 is 15.8 Å². The molecule has 1 unspecified atom stereocenters. The second kappa shape index (κ2) is 10.9. The van der Waals surface area contributed by atoms with Crippen molar-refractivity contribution in [3.8, 4) is 5.75 Å². The lowest BCUT2D eigenvalue weighted by Crippen LogP contribution is -2.37. The molecular weight excluding hydrogens is 445 g/mol. The topological polar surface area (TPSA) is 81.4 Å². The first-order valence-electron chi connectivity index (χ1n) is 10.7. The lowest BCUT2D eigenvalue weighted by molar-refractivity contribution is -0.138. The van der Waals surface area contributed by atoms with Crippen molar-refractivity contribution in [2.75, 3.05) is 6.61 Å². The van der Waals surface area contributed by atoms with Crippen LogP contribution in [0.3, 0.4) is 0 Å². The van der Waals surface area contributed by atoms with Crippen molar-refractivity contribution < 1.29 is 27.5 Å². The molecule has 3 aromatic carbocycles. The van der Waals surface area contributed by atoms with Gasteiger partial charge in [-0.2, -0.15) is 13.2 Å². The monoisotopic (exact) mass is 470 g/mol. The van der Waals surface area contributed by atoms with Gasteiger partial charge in [0.25, 0.3) is 0 Å². The quantitative estimate of drug-likeness (QED) is 0.582. The molecule has 0 aliphatic carbocycles. The summed E-state index contributed by atoms with van der Waals surface area (Å²) in [6, 6.07) is 20.4. The standard InChI is InChI=1S/C18H19NO2.C8H6F3NO/c1-13-6-2-3-8-15(13)11-19-18(20)16-10-14-7-4-5-9-17(14)21-12-16;9-8(10,11)6-4-2-1-3-5(6)7(12)13/h2-9,16H,10-12H2,1H3,(H,19,20);1-4H,(H2,12,13). The molecular formula is C26H25F3N2O3. The number of hydrogen-bond donors (Lipinski definition) is 2. The van der Waals surface area contributed by atoms with E-state index in [0.29, 0.717) is 13.2 Å². The van der Waals surface area contributed by atoms with Crippen molar-refractivity contribution in [3.63, 3.8) is 0 Å². The summed E-state index contributed by atoms with van der Waals surface area (Å²) in [7, 11) is 0. The van der Waals surface area contributed by atoms with Gasteiger partial charge in [-0.3, -0.25) is 9.59 Å². The highest BCUT2D eigenvalue weighted by Crippen LogP contribution is 2.31. The Morgan fingerprint density at radius 2 is 1.65 bits per heavy atom. The van der Waals surface area contributed by atoms with E-state index in [1.807, 2.05) is 42.5 Å². The van der Waals surface area contributed by atoms with Crippen molar-refractivity contribution in [1.29, 1.82) is 0 Å². The van der Waals surface area contributed by atoms with Crippen LogP contribution < -0.4 is 15.8 Å². The summed E-state index contributed by atoms with van der Waals surface area (Å²) in [5.74, 6) is -0.218. The van der Waals surface area contributed by atoms with E-state index in [0.717, 1.165) is 35.4 Å². The first kappa shape index (κ1) is 24.8. The summed E-state index contributed by atoms with van der Waals surface area (Å²) < 4.78 is 42.3. The van der Waals surface area contributed by atoms with Crippen LogP contribution in [0.5, 0.6) is 5.75 Å². The molecule has 8 heteroatoms. The maximum Gasteiger partial charge on any atom is 0.417 e. The van der Waals surface area contributed by atoms with E-state index in [9.17, 15) is 22.8 Å². The molecule has 0 spiro atoms. The van der Waals surface area contributed by atoms with E-state index in [1.165, 1.54) is 17.7 Å². The molecule has 0 fully saturated rings. The molecule has 0 saturated heterocycles. The number of para-hydroxylation sites is 1. The maximum absolute atomic E-state index is 12.3. The molecule has 2 amide bonds. The molecule has 34 heavy (non-hydrogen) atoms. The van der Waals surface area contributed by atoms with Gasteiger partial charge in [0.05, 0.1) is 17.0 Å². The third-order valence-electron chi connectivity index (χ3n) is 5.46. The molecule has 178 valence electrons. The van der Waals surface area contributed by atoms with Gasteiger partial charge in [0.1, 0.15) is 12.4 Å². The fraction of sp³-hybridized carbons (Fsp3) is 0.231. The summed E-state index contributed by atoms with van der Waals surface area (Å²) >= 11 is 0. The number of aryl methyl sites for hydroxylation is 1. The Hall–Kier alpha value is -3.81. The highest BCUT2D eigenvalue weighted by Gasteiger charge is 2.34. The lowest BCUT2D eigenvalue weighted by atomic mass is 9.96. The van der Waals surface area contributed by atoms with Gasteiger partial charge in [-0.05, 0) is 48.2 Å². The Morgan fingerprint density at radius 1 is 1.00 bits per heavy atom. The number of halogens is 3. The normalized spacial score (nSPS) is 14.6. The van der Waals surface area contributed by atoms with Crippen LogP contribution in [0.4, 0.5) is 13.2 Å². The predicted molar refractivity (Wildman–Crippen MR) is 122 cm³/mol. The first-order chi connectivity index (χ1) is 16.2. The molecule has 0 bridgehead atoms. The van der Waals surface area contributed by atoms with E-state index in [4.69, 9.17) is 10.5 Å². The van der Waals surface area contributed by atoms with Crippen LogP contribution >= 0.6 is 0 Å². The van der Waals surface area contributed by atoms with E-state index in [1.54, 1.807) is 0 Å². The third-order valence-corrected chi connectivity index (χ3v) is 5.46. The van der Waals surface area contributed by atoms with Crippen molar-refractivity contribution >= 4 is 11.8 Å². The maximum atomic E-state index is 12.3. The van der Waals surface area contributed by atoms with Gasteiger partial charge >= 0.3 is 6.18 Å². The number of nitrogens with one attached hydrogen (secondary N) is 1. The predicted octanol–water partition coefficient (Wildman–Crippen LogP) is 4.67. The Kier molecular flexibility index (Phi) is 7.94. The largest absolute Gasteiger partial charge is 0.492 e. The first-order valence-corrected chi connectivity index (χ1v) is 10.7. The van der Waals surface area contributed by atoms with E-state index >= 15 is 0 Å². The van der Waals surface area contributed by atoms with Crippen LogP contribution in [-0.4, -0.2) is 18.4 Å². The molecule has 4 rings (SSSR count). The molecule has 0 aromatic heterocycles. The minimum Gasteiger partial charge on any atom is -0.492 e. The number of ether oxygens (including phenoxy) is 1. The number of benzene rings is 3. The minimum absolute atomic E-state index is 0.0627. The summed E-state index contributed by atoms with van der Waals surface area (Å²) in [6.45, 7) is 3.09. The van der Waals surface area contributed by atoms with Crippen LogP contribution in [0.1, 0.15) is 32.6 Å². The highest BCUT2D eigenvalue weighted by molar-refractivity contribution is 5.94. The summed E-state index contributed by atoms with van der Waals surface area (Å²) in [5, 5.41) is 3.02. The van der Waals surface area contributed by atoms with Crippen LogP contribution in [0.25, 0.3) is 0 Å². The van der Waals surface area contributed by atoms with Crippen molar-refractivity contribution in [2.24, 2.45) is 11.7 Å². The van der Waals surface area contributed by atoms with E-state index in [-0.39, 0.29) is 11.8 Å². The summed E-state index contributed by atoms with van der Waals surface area (Å²) in [4.78, 5) is 22.9. The number of fused-ring (bicyclic) bond motifs is 1. The molecule has 5 nitrogen and oxygen atoms in total. The van der Waals surface area contributed by atoms with Gasteiger partial charge in [-0.25, -0.2) is 0 Å². The molecule has 0 radical (unpaired) electrons. The zero-order valence-electron chi connectivity index (χ0n) is 18.6. The zero-order chi connectivity index (χ0) is 24.7. The molecule has 3 N–H and O–H groups in total. The Labute approximate surface area is 195 Å². The minimum atomic E-state index is -4.54. The van der Waals surface area contributed by atoms with E-state index in [2.05, 4.69) is 18.3 Å². The third kappa shape index (κ3) is 6.37. The van der Waals surface area contributed by atoms with Crippen LogP contribution in [0, 0.1) is 12.8 Å². The van der Waals surface area contributed by atoms with Crippen LogP contribution in [-0.2, 0) is 23.9 Å². The molecule has 1 aliphatic heterocycles. The number of carbonyl (C=O) groups excluding carboxylic acids is 2. The second-order valence-corrected chi connectivity index (χ2v) is 7.87. The van der Waals surface area contributed by atoms with Crippen molar-refractivity contribution in [2.45, 2.75) is 26.1 Å².